The van der Waals surface area contributed by atoms with Crippen LogP contribution in [0.2, 0.25) is 0 Å². The monoisotopic (exact) mass is 233 g/mol. The van der Waals surface area contributed by atoms with Crippen LogP contribution in [0.25, 0.3) is 11.4 Å². The lowest BCUT2D eigenvalue weighted by Crippen LogP contribution is -2.16. The molecule has 2 aromatic rings. The molecule has 3 rings (SSSR count). The van der Waals surface area contributed by atoms with Crippen LogP contribution in [-0.2, 0) is 17.8 Å². The van der Waals surface area contributed by atoms with Gasteiger partial charge in [-0.05, 0) is 11.4 Å². The topological polar surface area (TPSA) is 61.0 Å². The van der Waals surface area contributed by atoms with Gasteiger partial charge in [-0.15, -0.1) is 0 Å². The van der Waals surface area contributed by atoms with Gasteiger partial charge >= 0.3 is 0 Å². The molecule has 0 aromatic carbocycles. The number of anilines is 1. The van der Waals surface area contributed by atoms with E-state index in [2.05, 4.69) is 9.97 Å². The van der Waals surface area contributed by atoms with E-state index in [0.717, 1.165) is 29.1 Å². The van der Waals surface area contributed by atoms with Crippen molar-refractivity contribution in [2.24, 2.45) is 0 Å². The van der Waals surface area contributed by atoms with Crippen LogP contribution in [0.1, 0.15) is 11.3 Å². The molecule has 1 aliphatic heterocycles. The Hall–Kier alpha value is -1.46. The van der Waals surface area contributed by atoms with Gasteiger partial charge in [-0.2, -0.15) is 11.3 Å². The Kier molecular flexibility index (Phi) is 2.34. The van der Waals surface area contributed by atoms with Gasteiger partial charge in [0.2, 0.25) is 0 Å². The molecule has 0 atom stereocenters. The van der Waals surface area contributed by atoms with Gasteiger partial charge in [-0.1, -0.05) is 0 Å². The highest BCUT2D eigenvalue weighted by Crippen LogP contribution is 2.25. The molecule has 0 amide bonds. The molecule has 0 saturated heterocycles. The van der Waals surface area contributed by atoms with Crippen LogP contribution in [0.4, 0.5) is 5.82 Å². The van der Waals surface area contributed by atoms with Gasteiger partial charge in [0.15, 0.2) is 5.82 Å². The summed E-state index contributed by atoms with van der Waals surface area (Å²) in [5, 5.41) is 4.04. The fourth-order valence-electron chi connectivity index (χ4n) is 1.78. The van der Waals surface area contributed by atoms with Gasteiger partial charge in [0.1, 0.15) is 5.82 Å². The minimum atomic E-state index is 0.533. The molecule has 0 fully saturated rings. The summed E-state index contributed by atoms with van der Waals surface area (Å²) in [6.07, 6.45) is 0.819. The number of fused-ring (bicyclic) bond motifs is 1. The summed E-state index contributed by atoms with van der Waals surface area (Å²) in [4.78, 5) is 8.87. The van der Waals surface area contributed by atoms with E-state index >= 15 is 0 Å². The summed E-state index contributed by atoms with van der Waals surface area (Å²) in [6.45, 7) is 1.25. The number of rotatable bonds is 1. The molecule has 1 aliphatic rings. The third kappa shape index (κ3) is 1.58. The van der Waals surface area contributed by atoms with E-state index in [4.69, 9.17) is 10.5 Å². The first-order valence-electron chi connectivity index (χ1n) is 5.10. The quantitative estimate of drug-likeness (QED) is 0.816. The second-order valence-corrected chi connectivity index (χ2v) is 4.45. The summed E-state index contributed by atoms with van der Waals surface area (Å²) in [5.41, 5.74) is 8.93. The number of aromatic nitrogens is 2. The van der Waals surface area contributed by atoms with Gasteiger partial charge in [0.05, 0.1) is 18.9 Å². The highest BCUT2D eigenvalue weighted by Gasteiger charge is 2.17. The van der Waals surface area contributed by atoms with Gasteiger partial charge in [0, 0.05) is 22.9 Å². The van der Waals surface area contributed by atoms with Crippen molar-refractivity contribution in [2.45, 2.75) is 13.0 Å². The average Bonchev–Trinajstić information content (AvgIpc) is 2.82. The fraction of sp³-hybridized carbons (Fsp3) is 0.273. The number of hydrogen-bond donors (Lipinski definition) is 1. The Morgan fingerprint density at radius 1 is 1.38 bits per heavy atom. The lowest BCUT2D eigenvalue weighted by atomic mass is 10.1. The minimum absolute atomic E-state index is 0.533. The molecule has 5 heteroatoms. The molecule has 0 radical (unpaired) electrons. The molecule has 3 heterocycles. The van der Waals surface area contributed by atoms with E-state index in [9.17, 15) is 0 Å². The number of thiophene rings is 1. The van der Waals surface area contributed by atoms with Crippen molar-refractivity contribution in [3.63, 3.8) is 0 Å². The van der Waals surface area contributed by atoms with Crippen LogP contribution in [0, 0.1) is 0 Å². The zero-order chi connectivity index (χ0) is 11.0. The Bertz CT molecular complexity index is 510. The maximum absolute atomic E-state index is 5.92. The van der Waals surface area contributed by atoms with Crippen molar-refractivity contribution in [1.82, 2.24) is 9.97 Å². The van der Waals surface area contributed by atoms with Crippen molar-refractivity contribution in [1.29, 1.82) is 0 Å². The van der Waals surface area contributed by atoms with Crippen molar-refractivity contribution in [3.8, 4) is 11.4 Å². The van der Waals surface area contributed by atoms with E-state index in [-0.39, 0.29) is 0 Å². The SMILES string of the molecule is Nc1nc(-c2ccsc2)nc2c1COCC2. The third-order valence-electron chi connectivity index (χ3n) is 2.63. The number of nitrogens with zero attached hydrogens (tertiary/aromatic N) is 2. The third-order valence-corrected chi connectivity index (χ3v) is 3.32. The molecular formula is C11H11N3OS. The largest absolute Gasteiger partial charge is 0.383 e. The summed E-state index contributed by atoms with van der Waals surface area (Å²) in [7, 11) is 0. The molecule has 82 valence electrons. The van der Waals surface area contributed by atoms with E-state index in [1.807, 2.05) is 16.8 Å². The number of nitrogen functional groups attached to an aromatic ring is 1. The first-order valence-corrected chi connectivity index (χ1v) is 6.04. The van der Waals surface area contributed by atoms with Crippen molar-refractivity contribution < 1.29 is 4.74 Å². The fourth-order valence-corrected chi connectivity index (χ4v) is 2.41. The van der Waals surface area contributed by atoms with Crippen LogP contribution in [0.5, 0.6) is 0 Å². The highest BCUT2D eigenvalue weighted by molar-refractivity contribution is 7.08. The van der Waals surface area contributed by atoms with Crippen LogP contribution in [0.3, 0.4) is 0 Å². The summed E-state index contributed by atoms with van der Waals surface area (Å²) in [6, 6.07) is 2.01. The Morgan fingerprint density at radius 2 is 2.31 bits per heavy atom. The molecule has 0 unspecified atom stereocenters. The molecule has 0 saturated carbocycles. The number of hydrogen-bond acceptors (Lipinski definition) is 5. The van der Waals surface area contributed by atoms with Gasteiger partial charge < -0.3 is 10.5 Å². The highest BCUT2D eigenvalue weighted by atomic mass is 32.1. The molecule has 0 bridgehead atoms. The molecule has 0 aliphatic carbocycles. The standard InChI is InChI=1S/C11H11N3OS/c12-10-8-5-15-3-1-9(8)13-11(14-10)7-2-4-16-6-7/h2,4,6H,1,3,5H2,(H2,12,13,14). The van der Waals surface area contributed by atoms with Gasteiger partial charge in [-0.3, -0.25) is 0 Å². The van der Waals surface area contributed by atoms with E-state index in [1.54, 1.807) is 11.3 Å². The van der Waals surface area contributed by atoms with E-state index in [0.29, 0.717) is 19.0 Å². The summed E-state index contributed by atoms with van der Waals surface area (Å²) < 4.78 is 5.35. The van der Waals surface area contributed by atoms with Crippen LogP contribution < -0.4 is 5.73 Å². The lowest BCUT2D eigenvalue weighted by molar-refractivity contribution is 0.109. The minimum Gasteiger partial charge on any atom is -0.383 e. The molecule has 2 aromatic heterocycles. The number of ether oxygens (including phenoxy) is 1. The van der Waals surface area contributed by atoms with Gasteiger partial charge in [-0.25, -0.2) is 9.97 Å². The molecule has 16 heavy (non-hydrogen) atoms. The zero-order valence-corrected chi connectivity index (χ0v) is 9.46. The second-order valence-electron chi connectivity index (χ2n) is 3.67. The molecular weight excluding hydrogens is 222 g/mol. The zero-order valence-electron chi connectivity index (χ0n) is 8.64. The van der Waals surface area contributed by atoms with Crippen molar-refractivity contribution >= 4 is 17.2 Å². The molecule has 4 nitrogen and oxygen atoms in total. The lowest BCUT2D eigenvalue weighted by Gasteiger charge is -2.17. The smallest absolute Gasteiger partial charge is 0.162 e. The Balaban J connectivity index is 2.12. The van der Waals surface area contributed by atoms with Crippen LogP contribution in [0.15, 0.2) is 16.8 Å². The van der Waals surface area contributed by atoms with Crippen molar-refractivity contribution in [3.05, 3.63) is 28.1 Å². The van der Waals surface area contributed by atoms with Crippen LogP contribution in [-0.4, -0.2) is 16.6 Å². The first-order chi connectivity index (χ1) is 7.84. The van der Waals surface area contributed by atoms with E-state index < -0.39 is 0 Å². The van der Waals surface area contributed by atoms with E-state index in [1.165, 1.54) is 0 Å². The second kappa shape index (κ2) is 3.84. The number of nitrogens with two attached hydrogens (primary N) is 1. The van der Waals surface area contributed by atoms with Crippen molar-refractivity contribution in [2.75, 3.05) is 12.3 Å². The predicted octanol–water partition coefficient (Wildman–Crippen LogP) is 1.86. The maximum Gasteiger partial charge on any atom is 0.162 e. The normalized spacial score (nSPS) is 14.8. The van der Waals surface area contributed by atoms with Gasteiger partial charge in [0.25, 0.3) is 0 Å². The Labute approximate surface area is 97.1 Å². The first kappa shape index (κ1) is 9.74. The van der Waals surface area contributed by atoms with Crippen LogP contribution >= 0.6 is 11.3 Å². The maximum atomic E-state index is 5.92. The summed E-state index contributed by atoms with van der Waals surface area (Å²) >= 11 is 1.63. The summed E-state index contributed by atoms with van der Waals surface area (Å²) in [5.74, 6) is 1.27. The Morgan fingerprint density at radius 3 is 3.12 bits per heavy atom. The molecule has 2 N–H and O–H groups in total. The average molecular weight is 233 g/mol. The predicted molar refractivity (Wildman–Crippen MR) is 63.1 cm³/mol. The molecule has 0 spiro atoms.